The third-order valence-corrected chi connectivity index (χ3v) is 8.00. The zero-order chi connectivity index (χ0) is 19.3. The molecule has 3 aliphatic carbocycles. The van der Waals surface area contributed by atoms with Crippen LogP contribution in [0.5, 0.6) is 11.5 Å². The van der Waals surface area contributed by atoms with Gasteiger partial charge in [-0.3, -0.25) is 9.59 Å². The van der Waals surface area contributed by atoms with Gasteiger partial charge in [0, 0.05) is 37.2 Å². The molecule has 1 aromatic rings. The Bertz CT molecular complexity index is 948. The topological polar surface area (TPSA) is 52.6 Å². The molecule has 2 bridgehead atoms. The molecule has 0 N–H and O–H groups in total. The van der Waals surface area contributed by atoms with Crippen molar-refractivity contribution < 1.29 is 23.5 Å². The summed E-state index contributed by atoms with van der Waals surface area (Å²) in [7, 11) is 2.42. The molecule has 5 heteroatoms. The lowest BCUT2D eigenvalue weighted by atomic mass is 9.53. The Labute approximate surface area is 164 Å². The number of benzene rings is 1. The van der Waals surface area contributed by atoms with E-state index in [4.69, 9.17) is 9.47 Å². The number of piperidine rings is 1. The molecule has 1 aromatic carbocycles. The Kier molecular flexibility index (Phi) is 3.15. The molecule has 6 rings (SSSR count). The molecule has 5 aliphatic rings. The lowest BCUT2D eigenvalue weighted by Gasteiger charge is -2.59. The molecule has 0 amide bonds. The molecule has 0 aromatic heterocycles. The average molecular weight is 380 g/mol. The van der Waals surface area contributed by atoms with E-state index in [0.717, 1.165) is 35.4 Å². The lowest BCUT2D eigenvalue weighted by Crippen LogP contribution is -2.71. The van der Waals surface area contributed by atoms with Crippen molar-refractivity contribution in [1.29, 1.82) is 0 Å². The summed E-state index contributed by atoms with van der Waals surface area (Å²) in [6.07, 6.45) is 8.10. The van der Waals surface area contributed by atoms with Gasteiger partial charge in [0.25, 0.3) is 0 Å². The van der Waals surface area contributed by atoms with E-state index in [-0.39, 0.29) is 17.2 Å². The maximum absolute atomic E-state index is 12.9. The highest BCUT2D eigenvalue weighted by Crippen LogP contribution is 2.63. The van der Waals surface area contributed by atoms with Crippen LogP contribution < -0.4 is 9.47 Å². The number of hydrogen-bond donors (Lipinski definition) is 0. The second-order valence-electron chi connectivity index (χ2n) is 9.70. The van der Waals surface area contributed by atoms with Gasteiger partial charge in [-0.2, -0.15) is 0 Å². The van der Waals surface area contributed by atoms with Crippen LogP contribution in [0.1, 0.15) is 37.3 Å². The lowest BCUT2D eigenvalue weighted by molar-refractivity contribution is -0.945. The van der Waals surface area contributed by atoms with Crippen LogP contribution in [0.25, 0.3) is 0 Å². The van der Waals surface area contributed by atoms with Gasteiger partial charge in [-0.1, -0.05) is 12.1 Å². The van der Waals surface area contributed by atoms with Crippen LogP contribution in [0, 0.1) is 11.8 Å². The van der Waals surface area contributed by atoms with Gasteiger partial charge >= 0.3 is 5.97 Å². The first kappa shape index (κ1) is 16.8. The van der Waals surface area contributed by atoms with E-state index < -0.39 is 6.10 Å². The highest BCUT2D eigenvalue weighted by atomic mass is 16.6. The molecule has 28 heavy (non-hydrogen) atoms. The van der Waals surface area contributed by atoms with Crippen molar-refractivity contribution in [3.8, 4) is 11.5 Å². The number of rotatable bonds is 3. The number of esters is 1. The molecular weight excluding hydrogens is 354 g/mol. The van der Waals surface area contributed by atoms with E-state index in [1.807, 2.05) is 6.07 Å². The number of likely N-dealkylation sites (N-methyl/N-ethyl adjacent to an activating group) is 1. The molecular formula is C23H26NO4+. The van der Waals surface area contributed by atoms with Crippen LogP contribution >= 0.6 is 0 Å². The fourth-order valence-corrected chi connectivity index (χ4v) is 6.68. The van der Waals surface area contributed by atoms with Crippen molar-refractivity contribution in [1.82, 2.24) is 0 Å². The smallest absolute Gasteiger partial charge is 0.308 e. The second kappa shape index (κ2) is 5.26. The van der Waals surface area contributed by atoms with E-state index in [0.29, 0.717) is 23.5 Å². The SMILES string of the molecule is CC(=O)Oc1ccc2c3c1OC1C(=O)C=CC4C(C2)[N+](C)(CC2CC2)CCC314. The quantitative estimate of drug-likeness (QED) is 0.459. The highest BCUT2D eigenvalue weighted by molar-refractivity contribution is 5.98. The van der Waals surface area contributed by atoms with Crippen molar-refractivity contribution in [2.45, 2.75) is 50.2 Å². The van der Waals surface area contributed by atoms with E-state index in [1.165, 1.54) is 31.9 Å². The van der Waals surface area contributed by atoms with Crippen LogP contribution in [0.15, 0.2) is 24.3 Å². The van der Waals surface area contributed by atoms with Crippen molar-refractivity contribution in [3.63, 3.8) is 0 Å². The van der Waals surface area contributed by atoms with Crippen LogP contribution in [-0.4, -0.2) is 48.5 Å². The summed E-state index contributed by atoms with van der Waals surface area (Å²) in [5.41, 5.74) is 2.13. The van der Waals surface area contributed by atoms with Crippen LogP contribution in [0.3, 0.4) is 0 Å². The number of quaternary nitrogens is 1. The minimum absolute atomic E-state index is 0.0473. The van der Waals surface area contributed by atoms with Gasteiger partial charge in [0.15, 0.2) is 23.4 Å². The van der Waals surface area contributed by atoms with Crippen molar-refractivity contribution >= 4 is 11.8 Å². The molecule has 2 fully saturated rings. The summed E-state index contributed by atoms with van der Waals surface area (Å²) in [6, 6.07) is 4.43. The summed E-state index contributed by atoms with van der Waals surface area (Å²) < 4.78 is 12.8. The normalized spacial score (nSPS) is 39.4. The molecule has 2 heterocycles. The molecule has 146 valence electrons. The molecule has 0 radical (unpaired) electrons. The third-order valence-electron chi connectivity index (χ3n) is 8.00. The number of likely N-dealkylation sites (tertiary alicyclic amines) is 1. The molecule has 2 aliphatic heterocycles. The Hall–Kier alpha value is -2.14. The highest BCUT2D eigenvalue weighted by Gasteiger charge is 2.68. The number of carbonyl (C=O) groups is 2. The standard InChI is InChI=1S/C23H26NO4/c1-13(25)27-19-8-5-15-11-17-16-6-7-18(26)22-23(16,20(15)21(19)28-22)9-10-24(17,2)12-14-3-4-14/h5-8,14,16-17,22H,3-4,9-12H2,1-2H3/q+1. The van der Waals surface area contributed by atoms with E-state index in [1.54, 1.807) is 6.08 Å². The van der Waals surface area contributed by atoms with Crippen LogP contribution in [0.4, 0.5) is 0 Å². The predicted molar refractivity (Wildman–Crippen MR) is 102 cm³/mol. The fourth-order valence-electron chi connectivity index (χ4n) is 6.68. The maximum atomic E-state index is 12.9. The number of ether oxygens (including phenoxy) is 2. The summed E-state index contributed by atoms with van der Waals surface area (Å²) in [6.45, 7) is 3.73. The number of hydrogen-bond acceptors (Lipinski definition) is 4. The Morgan fingerprint density at radius 1 is 1.36 bits per heavy atom. The minimum atomic E-state index is -0.481. The van der Waals surface area contributed by atoms with Crippen LogP contribution in [0.2, 0.25) is 0 Å². The van der Waals surface area contributed by atoms with E-state index in [2.05, 4.69) is 19.2 Å². The van der Waals surface area contributed by atoms with Gasteiger partial charge in [-0.25, -0.2) is 0 Å². The average Bonchev–Trinajstić information content (AvgIpc) is 3.38. The molecule has 5 atom stereocenters. The summed E-state index contributed by atoms with van der Waals surface area (Å²) in [5, 5.41) is 0. The Morgan fingerprint density at radius 2 is 2.18 bits per heavy atom. The minimum Gasteiger partial charge on any atom is -0.477 e. The monoisotopic (exact) mass is 380 g/mol. The molecule has 5 unspecified atom stereocenters. The van der Waals surface area contributed by atoms with Gasteiger partial charge in [-0.15, -0.1) is 0 Å². The first-order valence-corrected chi connectivity index (χ1v) is 10.5. The summed E-state index contributed by atoms with van der Waals surface area (Å²) in [4.78, 5) is 24.5. The Balaban J connectivity index is 1.54. The number of carbonyl (C=O) groups excluding carboxylic acids is 2. The fraction of sp³-hybridized carbons (Fsp3) is 0.565. The maximum Gasteiger partial charge on any atom is 0.308 e. The largest absolute Gasteiger partial charge is 0.477 e. The third kappa shape index (κ3) is 2.00. The molecule has 1 spiro atoms. The van der Waals surface area contributed by atoms with Crippen molar-refractivity contribution in [3.05, 3.63) is 35.4 Å². The zero-order valence-corrected chi connectivity index (χ0v) is 16.4. The van der Waals surface area contributed by atoms with E-state index in [9.17, 15) is 9.59 Å². The van der Waals surface area contributed by atoms with Gasteiger partial charge in [0.2, 0.25) is 0 Å². The van der Waals surface area contributed by atoms with Crippen molar-refractivity contribution in [2.75, 3.05) is 20.1 Å². The summed E-state index contributed by atoms with van der Waals surface area (Å²) in [5.74, 6) is 1.95. The molecule has 1 saturated carbocycles. The first-order chi connectivity index (χ1) is 13.4. The zero-order valence-electron chi connectivity index (χ0n) is 16.4. The van der Waals surface area contributed by atoms with Gasteiger partial charge < -0.3 is 14.0 Å². The predicted octanol–water partition coefficient (Wildman–Crippen LogP) is 2.55. The van der Waals surface area contributed by atoms with E-state index >= 15 is 0 Å². The van der Waals surface area contributed by atoms with Gasteiger partial charge in [0.1, 0.15) is 6.04 Å². The van der Waals surface area contributed by atoms with Crippen LogP contribution in [-0.2, 0) is 21.4 Å². The Morgan fingerprint density at radius 3 is 2.93 bits per heavy atom. The molecule has 5 nitrogen and oxygen atoms in total. The molecule has 1 saturated heterocycles. The number of ketones is 1. The summed E-state index contributed by atoms with van der Waals surface area (Å²) >= 11 is 0. The first-order valence-electron chi connectivity index (χ1n) is 10.5. The number of nitrogens with zero attached hydrogens (tertiary/aromatic N) is 1. The second-order valence-corrected chi connectivity index (χ2v) is 9.70. The van der Waals surface area contributed by atoms with Gasteiger partial charge in [-0.05, 0) is 30.5 Å². The van der Waals surface area contributed by atoms with Gasteiger partial charge in [0.05, 0.1) is 25.6 Å². The van der Waals surface area contributed by atoms with Crippen molar-refractivity contribution in [2.24, 2.45) is 11.8 Å².